The van der Waals surface area contributed by atoms with Gasteiger partial charge in [-0.15, -0.1) is 0 Å². The summed E-state index contributed by atoms with van der Waals surface area (Å²) < 4.78 is 5.61. The zero-order valence-corrected chi connectivity index (χ0v) is 21.0. The smallest absolute Gasteiger partial charge is 0.407 e. The highest BCUT2D eigenvalue weighted by Gasteiger charge is 2.38. The SMILES string of the molecule is CCC(C)(CNC(=O)C(CC)(CC)CNC(=O)OCC1c2ccccc2-c2ccccc21)C(=O)O. The number of hydrogen-bond donors (Lipinski definition) is 3. The van der Waals surface area contributed by atoms with Gasteiger partial charge >= 0.3 is 12.1 Å². The number of carbonyl (C=O) groups is 3. The highest BCUT2D eigenvalue weighted by molar-refractivity contribution is 5.84. The molecule has 2 amide bonds. The molecule has 0 aromatic heterocycles. The molecule has 1 aliphatic rings. The van der Waals surface area contributed by atoms with Gasteiger partial charge in [0.2, 0.25) is 5.91 Å². The van der Waals surface area contributed by atoms with Crippen molar-refractivity contribution in [2.75, 3.05) is 19.7 Å². The largest absolute Gasteiger partial charge is 0.481 e. The van der Waals surface area contributed by atoms with Crippen molar-refractivity contribution in [1.29, 1.82) is 0 Å². The first kappa shape index (κ1) is 26.3. The number of alkyl carbamates (subject to hydrolysis) is 1. The predicted octanol–water partition coefficient (Wildman–Crippen LogP) is 4.95. The van der Waals surface area contributed by atoms with E-state index in [2.05, 4.69) is 34.9 Å². The van der Waals surface area contributed by atoms with E-state index in [1.54, 1.807) is 13.8 Å². The molecule has 1 unspecified atom stereocenters. The highest BCUT2D eigenvalue weighted by Crippen LogP contribution is 2.44. The fourth-order valence-electron chi connectivity index (χ4n) is 4.61. The molecule has 188 valence electrons. The van der Waals surface area contributed by atoms with Crippen LogP contribution in [0, 0.1) is 10.8 Å². The summed E-state index contributed by atoms with van der Waals surface area (Å²) in [6, 6.07) is 16.3. The van der Waals surface area contributed by atoms with Crippen LogP contribution in [0.25, 0.3) is 11.1 Å². The Labute approximate surface area is 207 Å². The molecule has 7 heteroatoms. The molecule has 0 bridgehead atoms. The fraction of sp³-hybridized carbons (Fsp3) is 0.464. The molecule has 7 nitrogen and oxygen atoms in total. The molecular formula is C28H36N2O5. The minimum absolute atomic E-state index is 0.0321. The van der Waals surface area contributed by atoms with Gasteiger partial charge in [0, 0.05) is 19.0 Å². The Morgan fingerprint density at radius 3 is 1.89 bits per heavy atom. The van der Waals surface area contributed by atoms with Crippen LogP contribution in [0.2, 0.25) is 0 Å². The molecule has 0 saturated heterocycles. The van der Waals surface area contributed by atoms with E-state index < -0.39 is 22.9 Å². The minimum Gasteiger partial charge on any atom is -0.481 e. The maximum atomic E-state index is 13.1. The van der Waals surface area contributed by atoms with E-state index in [1.807, 2.05) is 38.1 Å². The molecule has 0 saturated carbocycles. The van der Waals surface area contributed by atoms with E-state index in [4.69, 9.17) is 4.74 Å². The maximum absolute atomic E-state index is 13.1. The molecule has 1 atom stereocenters. The van der Waals surface area contributed by atoms with Gasteiger partial charge in [-0.05, 0) is 48.4 Å². The number of carboxylic acids is 1. The Balaban J connectivity index is 1.61. The van der Waals surface area contributed by atoms with E-state index in [1.165, 1.54) is 0 Å². The van der Waals surface area contributed by atoms with Crippen molar-refractivity contribution in [3.63, 3.8) is 0 Å². The van der Waals surface area contributed by atoms with Crippen LogP contribution in [-0.4, -0.2) is 42.8 Å². The molecule has 3 N–H and O–H groups in total. The normalized spacial score (nSPS) is 14.4. The van der Waals surface area contributed by atoms with Crippen LogP contribution >= 0.6 is 0 Å². The molecule has 1 aliphatic carbocycles. The van der Waals surface area contributed by atoms with Gasteiger partial charge < -0.3 is 20.5 Å². The monoisotopic (exact) mass is 480 g/mol. The average molecular weight is 481 g/mol. The number of rotatable bonds is 11. The maximum Gasteiger partial charge on any atom is 0.407 e. The Bertz CT molecular complexity index is 1030. The molecule has 35 heavy (non-hydrogen) atoms. The van der Waals surface area contributed by atoms with Crippen molar-refractivity contribution in [3.8, 4) is 11.1 Å². The van der Waals surface area contributed by atoms with E-state index in [0.29, 0.717) is 19.3 Å². The van der Waals surface area contributed by atoms with Crippen LogP contribution in [0.3, 0.4) is 0 Å². The molecular weight excluding hydrogens is 444 g/mol. The summed E-state index contributed by atoms with van der Waals surface area (Å²) >= 11 is 0. The first-order valence-corrected chi connectivity index (χ1v) is 12.3. The van der Waals surface area contributed by atoms with E-state index in [-0.39, 0.29) is 31.5 Å². The molecule has 0 radical (unpaired) electrons. The summed E-state index contributed by atoms with van der Waals surface area (Å²) in [5, 5.41) is 15.1. The average Bonchev–Trinajstić information content (AvgIpc) is 3.20. The van der Waals surface area contributed by atoms with Gasteiger partial charge in [-0.3, -0.25) is 9.59 Å². The number of fused-ring (bicyclic) bond motifs is 3. The first-order valence-electron chi connectivity index (χ1n) is 12.3. The van der Waals surface area contributed by atoms with Gasteiger partial charge in [-0.1, -0.05) is 69.3 Å². The number of carboxylic acid groups (broad SMARTS) is 1. The molecule has 0 heterocycles. The number of carbonyl (C=O) groups excluding carboxylic acids is 2. The van der Waals surface area contributed by atoms with Gasteiger partial charge in [0.15, 0.2) is 0 Å². The third kappa shape index (κ3) is 5.34. The summed E-state index contributed by atoms with van der Waals surface area (Å²) in [6.45, 7) is 7.51. The van der Waals surface area contributed by atoms with Crippen LogP contribution in [0.1, 0.15) is 64.0 Å². The number of ether oxygens (including phenoxy) is 1. The summed E-state index contributed by atoms with van der Waals surface area (Å²) in [7, 11) is 0. The lowest BCUT2D eigenvalue weighted by Gasteiger charge is -2.32. The summed E-state index contributed by atoms with van der Waals surface area (Å²) in [6.07, 6.45) is 0.810. The fourth-order valence-corrected chi connectivity index (χ4v) is 4.61. The van der Waals surface area contributed by atoms with Crippen LogP contribution in [0.5, 0.6) is 0 Å². The second-order valence-electron chi connectivity index (χ2n) is 9.57. The Morgan fingerprint density at radius 2 is 1.40 bits per heavy atom. The lowest BCUT2D eigenvalue weighted by atomic mass is 9.80. The van der Waals surface area contributed by atoms with Crippen molar-refractivity contribution in [1.82, 2.24) is 10.6 Å². The lowest BCUT2D eigenvalue weighted by molar-refractivity contribution is -0.148. The van der Waals surface area contributed by atoms with Crippen LogP contribution in [-0.2, 0) is 14.3 Å². The number of amides is 2. The number of benzene rings is 2. The number of hydrogen-bond acceptors (Lipinski definition) is 4. The second-order valence-corrected chi connectivity index (χ2v) is 9.57. The van der Waals surface area contributed by atoms with Crippen LogP contribution < -0.4 is 10.6 Å². The van der Waals surface area contributed by atoms with Gasteiger partial charge in [0.1, 0.15) is 6.61 Å². The lowest BCUT2D eigenvalue weighted by Crippen LogP contribution is -2.51. The molecule has 0 fully saturated rings. The van der Waals surface area contributed by atoms with E-state index in [0.717, 1.165) is 22.3 Å². The van der Waals surface area contributed by atoms with Crippen molar-refractivity contribution in [2.24, 2.45) is 10.8 Å². The Hall–Kier alpha value is -3.35. The van der Waals surface area contributed by atoms with Crippen LogP contribution in [0.4, 0.5) is 4.79 Å². The number of aliphatic carboxylic acids is 1. The minimum atomic E-state index is -1.04. The quantitative estimate of drug-likeness (QED) is 0.422. The first-order chi connectivity index (χ1) is 16.7. The third-order valence-electron chi connectivity index (χ3n) is 7.69. The van der Waals surface area contributed by atoms with Crippen LogP contribution in [0.15, 0.2) is 48.5 Å². The predicted molar refractivity (Wildman–Crippen MR) is 135 cm³/mol. The third-order valence-corrected chi connectivity index (χ3v) is 7.69. The van der Waals surface area contributed by atoms with Crippen molar-refractivity contribution >= 4 is 18.0 Å². The standard InChI is InChI=1S/C28H36N2O5/c1-5-27(4,25(32)33)17-29-24(31)28(6-2,7-3)18-30-26(34)35-16-23-21-14-10-8-12-19(21)20-13-9-11-15-22(20)23/h8-15,23H,5-7,16-18H2,1-4H3,(H,29,31)(H,30,34)(H,32,33). The van der Waals surface area contributed by atoms with Gasteiger partial charge in [0.25, 0.3) is 0 Å². The molecule has 3 rings (SSSR count). The zero-order valence-electron chi connectivity index (χ0n) is 21.0. The summed E-state index contributed by atoms with van der Waals surface area (Å²) in [4.78, 5) is 37.3. The summed E-state index contributed by atoms with van der Waals surface area (Å²) in [5.74, 6) is -1.25. The second kappa shape index (κ2) is 10.9. The highest BCUT2D eigenvalue weighted by atomic mass is 16.5. The Morgan fingerprint density at radius 1 is 0.857 bits per heavy atom. The van der Waals surface area contributed by atoms with Gasteiger partial charge in [-0.2, -0.15) is 0 Å². The van der Waals surface area contributed by atoms with Gasteiger partial charge in [0.05, 0.1) is 10.8 Å². The topological polar surface area (TPSA) is 105 Å². The Kier molecular flexibility index (Phi) is 8.20. The molecule has 2 aromatic rings. The van der Waals surface area contributed by atoms with Crippen molar-refractivity contribution in [3.05, 3.63) is 59.7 Å². The summed E-state index contributed by atoms with van der Waals surface area (Å²) in [5.41, 5.74) is 2.70. The van der Waals surface area contributed by atoms with Crippen molar-refractivity contribution in [2.45, 2.75) is 52.9 Å². The molecule has 0 aliphatic heterocycles. The van der Waals surface area contributed by atoms with Gasteiger partial charge in [-0.25, -0.2) is 4.79 Å². The zero-order chi connectivity index (χ0) is 25.6. The number of nitrogens with one attached hydrogen (secondary N) is 2. The van der Waals surface area contributed by atoms with E-state index >= 15 is 0 Å². The molecule has 0 spiro atoms. The van der Waals surface area contributed by atoms with E-state index in [9.17, 15) is 19.5 Å². The van der Waals surface area contributed by atoms with Crippen molar-refractivity contribution < 1.29 is 24.2 Å². The molecule has 2 aromatic carbocycles.